The molecule has 0 spiro atoms. The van der Waals surface area contributed by atoms with Crippen molar-refractivity contribution in [2.45, 2.75) is 34.9 Å². The lowest BCUT2D eigenvalue weighted by atomic mass is 9.94. The number of hydrogen-bond donors (Lipinski definition) is 0. The van der Waals surface area contributed by atoms with Crippen LogP contribution in [0, 0.1) is 0 Å². The summed E-state index contributed by atoms with van der Waals surface area (Å²) < 4.78 is 22.8. The number of ether oxygens (including phenoxy) is 3. The minimum absolute atomic E-state index is 0.0458. The summed E-state index contributed by atoms with van der Waals surface area (Å²) in [6.45, 7) is 0. The molecule has 1 fully saturated rings. The van der Waals surface area contributed by atoms with Gasteiger partial charge in [0.15, 0.2) is 5.78 Å². The molecule has 0 amide bonds. The molecule has 1 aliphatic carbocycles. The van der Waals surface area contributed by atoms with Gasteiger partial charge in [-0.2, -0.15) is 0 Å². The van der Waals surface area contributed by atoms with Gasteiger partial charge in [-0.25, -0.2) is 4.79 Å². The standard InChI is InChI=1S/C17H12Br2O6/c1-22-7-4-8-11(12-13(18)15(19)25-17(12)23-8)14-10(7)5-2-3-6(20)9(5)16(21)24-14/h4,12-13,15,17H,2-3H2,1H3/t12-,13-,15-,17+/m1/s1. The van der Waals surface area contributed by atoms with E-state index in [0.717, 1.165) is 5.56 Å². The van der Waals surface area contributed by atoms with E-state index in [1.807, 2.05) is 0 Å². The minimum atomic E-state index is -0.593. The van der Waals surface area contributed by atoms with Gasteiger partial charge in [0.25, 0.3) is 0 Å². The number of Topliss-reactive ketones (excluding diaryl/α,β-unsaturated/α-hetero) is 1. The number of carbonyl (C=O) groups is 1. The summed E-state index contributed by atoms with van der Waals surface area (Å²) in [7, 11) is 1.55. The lowest BCUT2D eigenvalue weighted by Gasteiger charge is -2.15. The molecule has 2 aliphatic heterocycles. The number of alkyl halides is 2. The van der Waals surface area contributed by atoms with Crippen molar-refractivity contribution in [2.75, 3.05) is 7.11 Å². The summed E-state index contributed by atoms with van der Waals surface area (Å²) in [5.41, 5.74) is 1.47. The molecule has 8 heteroatoms. The van der Waals surface area contributed by atoms with Crippen LogP contribution in [0.3, 0.4) is 0 Å². The van der Waals surface area contributed by atoms with Crippen LogP contribution in [0.5, 0.6) is 11.5 Å². The van der Waals surface area contributed by atoms with E-state index < -0.39 is 11.9 Å². The molecule has 1 aromatic carbocycles. The molecule has 1 aromatic heterocycles. The van der Waals surface area contributed by atoms with Crippen LogP contribution >= 0.6 is 31.9 Å². The Morgan fingerprint density at radius 2 is 2.04 bits per heavy atom. The van der Waals surface area contributed by atoms with Crippen LogP contribution in [0.1, 0.15) is 33.8 Å². The maximum absolute atomic E-state index is 12.5. The van der Waals surface area contributed by atoms with Crippen molar-refractivity contribution in [1.82, 2.24) is 0 Å². The van der Waals surface area contributed by atoms with E-state index in [0.29, 0.717) is 40.9 Å². The Morgan fingerprint density at radius 1 is 1.24 bits per heavy atom. The predicted octanol–water partition coefficient (Wildman–Crippen LogP) is 3.25. The molecule has 0 saturated carbocycles. The molecule has 1 saturated heterocycles. The highest BCUT2D eigenvalue weighted by Gasteiger charge is 2.51. The summed E-state index contributed by atoms with van der Waals surface area (Å²) in [6, 6.07) is 1.78. The summed E-state index contributed by atoms with van der Waals surface area (Å²) >= 11 is 7.10. The smallest absolute Gasteiger partial charge is 0.347 e. The first-order valence-corrected chi connectivity index (χ1v) is 9.68. The first kappa shape index (κ1) is 15.8. The third-order valence-corrected chi connectivity index (χ3v) is 7.62. The van der Waals surface area contributed by atoms with Gasteiger partial charge < -0.3 is 18.6 Å². The minimum Gasteiger partial charge on any atom is -0.496 e. The van der Waals surface area contributed by atoms with Crippen LogP contribution in [0.15, 0.2) is 15.3 Å². The Labute approximate surface area is 158 Å². The normalized spacial score (nSPS) is 29.5. The van der Waals surface area contributed by atoms with E-state index in [4.69, 9.17) is 18.6 Å². The summed E-state index contributed by atoms with van der Waals surface area (Å²) in [6.07, 6.45) is 0.352. The highest BCUT2D eigenvalue weighted by atomic mass is 79.9. The molecule has 2 aromatic rings. The second kappa shape index (κ2) is 5.31. The SMILES string of the molecule is COc1cc2c(c3oc(=O)c4c(c13)CCC4=O)[C@H]1[C@@H](O2)O[C@@H](Br)[C@@H]1Br. The van der Waals surface area contributed by atoms with Gasteiger partial charge >= 0.3 is 5.63 Å². The van der Waals surface area contributed by atoms with E-state index in [1.54, 1.807) is 13.2 Å². The van der Waals surface area contributed by atoms with Crippen molar-refractivity contribution in [2.24, 2.45) is 0 Å². The first-order valence-electron chi connectivity index (χ1n) is 7.85. The fourth-order valence-corrected chi connectivity index (χ4v) is 5.18. The Balaban J connectivity index is 1.88. The Hall–Kier alpha value is -1.38. The highest BCUT2D eigenvalue weighted by Crippen LogP contribution is 2.54. The summed E-state index contributed by atoms with van der Waals surface area (Å²) in [5.74, 6) is 0.803. The van der Waals surface area contributed by atoms with E-state index in [1.165, 1.54) is 0 Å². The fraction of sp³-hybridized carbons (Fsp3) is 0.412. The van der Waals surface area contributed by atoms with Gasteiger partial charge in [-0.05, 0) is 12.0 Å². The number of aryl methyl sites for hydroxylation is 1. The van der Waals surface area contributed by atoms with Gasteiger partial charge in [-0.1, -0.05) is 31.9 Å². The van der Waals surface area contributed by atoms with Gasteiger partial charge in [0.05, 0.1) is 23.2 Å². The van der Waals surface area contributed by atoms with Crippen molar-refractivity contribution < 1.29 is 23.4 Å². The molecule has 0 radical (unpaired) electrons. The van der Waals surface area contributed by atoms with Crippen LogP contribution in [0.25, 0.3) is 11.0 Å². The maximum Gasteiger partial charge on any atom is 0.347 e. The number of methoxy groups -OCH3 is 1. The van der Waals surface area contributed by atoms with Gasteiger partial charge in [-0.15, -0.1) is 0 Å². The zero-order valence-corrected chi connectivity index (χ0v) is 16.2. The first-order chi connectivity index (χ1) is 12.0. The predicted molar refractivity (Wildman–Crippen MR) is 95.4 cm³/mol. The molecule has 3 heterocycles. The number of hydrogen-bond acceptors (Lipinski definition) is 6. The van der Waals surface area contributed by atoms with Crippen LogP contribution in [-0.4, -0.2) is 29.0 Å². The Kier molecular flexibility index (Phi) is 3.37. The molecular formula is C17H12Br2O6. The van der Waals surface area contributed by atoms with Crippen LogP contribution in [0.2, 0.25) is 0 Å². The van der Waals surface area contributed by atoms with Crippen LogP contribution < -0.4 is 15.1 Å². The number of carbonyl (C=O) groups excluding carboxylic acids is 1. The van der Waals surface area contributed by atoms with Gasteiger partial charge in [0.1, 0.15) is 27.7 Å². The van der Waals surface area contributed by atoms with Crippen LogP contribution in [-0.2, 0) is 11.2 Å². The number of ketones is 1. The van der Waals surface area contributed by atoms with Gasteiger partial charge in [0, 0.05) is 18.1 Å². The Morgan fingerprint density at radius 3 is 2.80 bits per heavy atom. The molecule has 0 N–H and O–H groups in total. The lowest BCUT2D eigenvalue weighted by Crippen LogP contribution is -2.17. The molecule has 5 rings (SSSR count). The maximum atomic E-state index is 12.5. The third kappa shape index (κ3) is 1.98. The molecule has 6 nitrogen and oxygen atoms in total. The number of halogens is 2. The topological polar surface area (TPSA) is 75.0 Å². The summed E-state index contributed by atoms with van der Waals surface area (Å²) in [5, 5.41) is 0.471. The van der Waals surface area contributed by atoms with Gasteiger partial charge in [0.2, 0.25) is 6.29 Å². The van der Waals surface area contributed by atoms with Crippen molar-refractivity contribution in [3.63, 3.8) is 0 Å². The molecule has 130 valence electrons. The van der Waals surface area contributed by atoms with E-state index in [-0.39, 0.29) is 27.1 Å². The van der Waals surface area contributed by atoms with E-state index in [2.05, 4.69) is 31.9 Å². The summed E-state index contributed by atoms with van der Waals surface area (Å²) in [4.78, 5) is 24.5. The number of benzene rings is 1. The average Bonchev–Trinajstić information content (AvgIpc) is 3.21. The Bertz CT molecular complexity index is 997. The van der Waals surface area contributed by atoms with Crippen molar-refractivity contribution in [3.05, 3.63) is 33.2 Å². The molecule has 0 bridgehead atoms. The second-order valence-electron chi connectivity index (χ2n) is 6.30. The highest BCUT2D eigenvalue weighted by molar-refractivity contribution is 9.12. The second-order valence-corrected chi connectivity index (χ2v) is 8.26. The van der Waals surface area contributed by atoms with Crippen molar-refractivity contribution >= 4 is 48.6 Å². The quantitative estimate of drug-likeness (QED) is 0.469. The zero-order chi connectivity index (χ0) is 17.5. The lowest BCUT2D eigenvalue weighted by molar-refractivity contribution is -0.0416. The zero-order valence-electron chi connectivity index (χ0n) is 13.0. The van der Waals surface area contributed by atoms with Crippen molar-refractivity contribution in [3.8, 4) is 11.5 Å². The molecule has 25 heavy (non-hydrogen) atoms. The number of rotatable bonds is 1. The third-order valence-electron chi connectivity index (χ3n) is 5.08. The van der Waals surface area contributed by atoms with E-state index in [9.17, 15) is 9.59 Å². The number of fused-ring (bicyclic) bond motifs is 7. The van der Waals surface area contributed by atoms with E-state index >= 15 is 0 Å². The average molecular weight is 472 g/mol. The monoisotopic (exact) mass is 470 g/mol. The van der Waals surface area contributed by atoms with Crippen molar-refractivity contribution in [1.29, 1.82) is 0 Å². The van der Waals surface area contributed by atoms with Gasteiger partial charge in [-0.3, -0.25) is 4.79 Å². The molecule has 4 atom stereocenters. The fourth-order valence-electron chi connectivity index (χ4n) is 4.00. The largest absolute Gasteiger partial charge is 0.496 e. The van der Waals surface area contributed by atoms with Crippen LogP contribution in [0.4, 0.5) is 0 Å². The molecular weight excluding hydrogens is 460 g/mol. The molecule has 0 unspecified atom stereocenters. The molecule has 3 aliphatic rings.